The first kappa shape index (κ1) is 16.5. The fourth-order valence-corrected chi connectivity index (χ4v) is 2.71. The van der Waals surface area contributed by atoms with Crippen LogP contribution in [0.3, 0.4) is 0 Å². The van der Waals surface area contributed by atoms with E-state index in [1.54, 1.807) is 6.07 Å². The molecule has 2 amide bonds. The van der Waals surface area contributed by atoms with Gasteiger partial charge in [0.1, 0.15) is 6.04 Å². The van der Waals surface area contributed by atoms with Gasteiger partial charge in [0.15, 0.2) is 5.82 Å². The Morgan fingerprint density at radius 2 is 2.18 bits per heavy atom. The van der Waals surface area contributed by atoms with Gasteiger partial charge in [0.05, 0.1) is 6.10 Å². The second kappa shape index (κ2) is 6.08. The molecule has 2 atom stereocenters. The fraction of sp³-hybridized carbons (Fsp3) is 0.667. The van der Waals surface area contributed by atoms with Crippen LogP contribution < -0.4 is 5.32 Å². The summed E-state index contributed by atoms with van der Waals surface area (Å²) >= 11 is 0. The van der Waals surface area contributed by atoms with Crippen molar-refractivity contribution < 1.29 is 14.7 Å². The summed E-state index contributed by atoms with van der Waals surface area (Å²) in [7, 11) is 0. The number of H-pyrrole nitrogens is 1. The number of nitrogens with one attached hydrogen (secondary N) is 2. The number of carbonyl (C=O) groups excluding carboxylic acids is 2. The van der Waals surface area contributed by atoms with Gasteiger partial charge in [-0.15, -0.1) is 0 Å². The van der Waals surface area contributed by atoms with Gasteiger partial charge in [-0.2, -0.15) is 5.10 Å². The molecule has 0 aliphatic carbocycles. The zero-order chi connectivity index (χ0) is 16.5. The van der Waals surface area contributed by atoms with Crippen LogP contribution >= 0.6 is 0 Å². The first-order valence-corrected chi connectivity index (χ1v) is 7.46. The molecule has 1 saturated heterocycles. The molecule has 1 aliphatic rings. The SMILES string of the molecule is CC(=O)N1C[C@H](O)C[C@@H]1C(=O)Nc1cc(CC(C)(C)C)[nH]n1. The predicted octanol–water partition coefficient (Wildman–Crippen LogP) is 0.918. The summed E-state index contributed by atoms with van der Waals surface area (Å²) in [6.45, 7) is 7.96. The van der Waals surface area contributed by atoms with Gasteiger partial charge in [-0.05, 0) is 11.8 Å². The third-order valence-electron chi connectivity index (χ3n) is 3.59. The summed E-state index contributed by atoms with van der Waals surface area (Å²) in [5.74, 6) is -0.0955. The lowest BCUT2D eigenvalue weighted by Gasteiger charge is -2.21. The molecule has 0 radical (unpaired) electrons. The van der Waals surface area contributed by atoms with Crippen LogP contribution in [0, 0.1) is 5.41 Å². The number of hydrogen-bond donors (Lipinski definition) is 3. The molecule has 122 valence electrons. The number of amides is 2. The van der Waals surface area contributed by atoms with E-state index in [9.17, 15) is 14.7 Å². The molecule has 22 heavy (non-hydrogen) atoms. The number of likely N-dealkylation sites (tertiary alicyclic amines) is 1. The highest BCUT2D eigenvalue weighted by Crippen LogP contribution is 2.22. The maximum Gasteiger partial charge on any atom is 0.248 e. The van der Waals surface area contributed by atoms with E-state index in [1.807, 2.05) is 0 Å². The van der Waals surface area contributed by atoms with E-state index in [0.29, 0.717) is 5.82 Å². The van der Waals surface area contributed by atoms with E-state index >= 15 is 0 Å². The molecule has 0 aromatic carbocycles. The molecule has 0 spiro atoms. The van der Waals surface area contributed by atoms with Gasteiger partial charge in [0.25, 0.3) is 0 Å². The number of rotatable bonds is 3. The van der Waals surface area contributed by atoms with Crippen LogP contribution in [-0.4, -0.2) is 50.7 Å². The summed E-state index contributed by atoms with van der Waals surface area (Å²) in [5, 5.41) is 19.4. The zero-order valence-corrected chi connectivity index (χ0v) is 13.5. The first-order chi connectivity index (χ1) is 10.2. The highest BCUT2D eigenvalue weighted by molar-refractivity contribution is 5.96. The predicted molar refractivity (Wildman–Crippen MR) is 82.2 cm³/mol. The van der Waals surface area contributed by atoms with Crippen molar-refractivity contribution in [2.75, 3.05) is 11.9 Å². The van der Waals surface area contributed by atoms with E-state index in [-0.39, 0.29) is 30.2 Å². The second-order valence-corrected chi connectivity index (χ2v) is 7.08. The number of carbonyl (C=O) groups is 2. The Hall–Kier alpha value is -1.89. The van der Waals surface area contributed by atoms with Gasteiger partial charge in [0.2, 0.25) is 11.8 Å². The number of β-amino-alcohol motifs (C(OH)–C–C–N with tert-alkyl or cyclic N) is 1. The molecular weight excluding hydrogens is 284 g/mol. The molecular formula is C15H24N4O3. The van der Waals surface area contributed by atoms with Gasteiger partial charge in [-0.25, -0.2) is 0 Å². The second-order valence-electron chi connectivity index (χ2n) is 7.08. The summed E-state index contributed by atoms with van der Waals surface area (Å²) in [6, 6.07) is 1.15. The Bertz CT molecular complexity index is 561. The van der Waals surface area contributed by atoms with Crippen LogP contribution in [0.15, 0.2) is 6.07 Å². The maximum atomic E-state index is 12.3. The lowest BCUT2D eigenvalue weighted by atomic mass is 9.91. The minimum Gasteiger partial charge on any atom is -0.391 e. The summed E-state index contributed by atoms with van der Waals surface area (Å²) in [6.07, 6.45) is 0.415. The smallest absolute Gasteiger partial charge is 0.248 e. The van der Waals surface area contributed by atoms with Gasteiger partial charge in [0, 0.05) is 31.6 Å². The van der Waals surface area contributed by atoms with E-state index in [1.165, 1.54) is 11.8 Å². The molecule has 1 fully saturated rings. The van der Waals surface area contributed by atoms with Crippen LogP contribution in [0.4, 0.5) is 5.82 Å². The lowest BCUT2D eigenvalue weighted by Crippen LogP contribution is -2.42. The highest BCUT2D eigenvalue weighted by atomic mass is 16.3. The van der Waals surface area contributed by atoms with Crippen molar-refractivity contribution in [1.82, 2.24) is 15.1 Å². The average Bonchev–Trinajstić information content (AvgIpc) is 2.94. The average molecular weight is 308 g/mol. The summed E-state index contributed by atoms with van der Waals surface area (Å²) in [5.41, 5.74) is 1.06. The number of anilines is 1. The van der Waals surface area contributed by atoms with Crippen molar-refractivity contribution >= 4 is 17.6 Å². The zero-order valence-electron chi connectivity index (χ0n) is 13.5. The van der Waals surface area contributed by atoms with Crippen LogP contribution in [-0.2, 0) is 16.0 Å². The van der Waals surface area contributed by atoms with Crippen molar-refractivity contribution in [3.63, 3.8) is 0 Å². The molecule has 0 unspecified atom stereocenters. The highest BCUT2D eigenvalue weighted by Gasteiger charge is 2.37. The third-order valence-corrected chi connectivity index (χ3v) is 3.59. The Labute approximate surface area is 130 Å². The molecule has 0 saturated carbocycles. The van der Waals surface area contributed by atoms with Crippen molar-refractivity contribution in [3.05, 3.63) is 11.8 Å². The first-order valence-electron chi connectivity index (χ1n) is 7.46. The lowest BCUT2D eigenvalue weighted by molar-refractivity contribution is -0.134. The molecule has 3 N–H and O–H groups in total. The molecule has 7 nitrogen and oxygen atoms in total. The molecule has 1 aromatic heterocycles. The number of aromatic amines is 1. The molecule has 7 heteroatoms. The van der Waals surface area contributed by atoms with Crippen molar-refractivity contribution in [3.8, 4) is 0 Å². The Kier molecular flexibility index (Phi) is 4.55. The van der Waals surface area contributed by atoms with E-state index in [4.69, 9.17) is 0 Å². The molecule has 2 heterocycles. The van der Waals surface area contributed by atoms with Gasteiger partial charge >= 0.3 is 0 Å². The number of aromatic nitrogens is 2. The molecule has 0 bridgehead atoms. The van der Waals surface area contributed by atoms with Crippen LogP contribution in [0.5, 0.6) is 0 Å². The third kappa shape index (κ3) is 4.07. The van der Waals surface area contributed by atoms with E-state index < -0.39 is 12.1 Å². The normalized spacial score (nSPS) is 22.0. The van der Waals surface area contributed by atoms with Crippen molar-refractivity contribution in [2.45, 2.75) is 52.7 Å². The van der Waals surface area contributed by atoms with E-state index in [2.05, 4.69) is 36.3 Å². The Morgan fingerprint density at radius 3 is 2.77 bits per heavy atom. The van der Waals surface area contributed by atoms with Crippen LogP contribution in [0.25, 0.3) is 0 Å². The summed E-state index contributed by atoms with van der Waals surface area (Å²) in [4.78, 5) is 25.2. The molecule has 1 aromatic rings. The minimum absolute atomic E-state index is 0.120. The van der Waals surface area contributed by atoms with E-state index in [0.717, 1.165) is 12.1 Å². The van der Waals surface area contributed by atoms with Crippen LogP contribution in [0.1, 0.15) is 39.8 Å². The largest absolute Gasteiger partial charge is 0.391 e. The van der Waals surface area contributed by atoms with Crippen molar-refractivity contribution in [2.24, 2.45) is 5.41 Å². The Balaban J connectivity index is 2.01. The van der Waals surface area contributed by atoms with Gasteiger partial charge in [-0.1, -0.05) is 20.8 Å². The minimum atomic E-state index is -0.657. The summed E-state index contributed by atoms with van der Waals surface area (Å²) < 4.78 is 0. The molecule has 2 rings (SSSR count). The Morgan fingerprint density at radius 1 is 1.50 bits per heavy atom. The fourth-order valence-electron chi connectivity index (χ4n) is 2.71. The van der Waals surface area contributed by atoms with Crippen molar-refractivity contribution in [1.29, 1.82) is 0 Å². The molecule has 1 aliphatic heterocycles. The maximum absolute atomic E-state index is 12.3. The number of hydrogen-bond acceptors (Lipinski definition) is 4. The van der Waals surface area contributed by atoms with Crippen LogP contribution in [0.2, 0.25) is 0 Å². The van der Waals surface area contributed by atoms with Gasteiger partial charge in [-0.3, -0.25) is 14.7 Å². The van der Waals surface area contributed by atoms with Gasteiger partial charge < -0.3 is 15.3 Å². The number of aliphatic hydroxyl groups is 1. The number of aliphatic hydroxyl groups excluding tert-OH is 1. The monoisotopic (exact) mass is 308 g/mol. The topological polar surface area (TPSA) is 98.3 Å². The standard InChI is InChI=1S/C15H24N4O3/c1-9(20)19-8-11(21)6-12(19)14(22)16-13-5-10(17-18-13)7-15(2,3)4/h5,11-12,21H,6-8H2,1-4H3,(H2,16,17,18,22)/t11-,12-/m1/s1. The number of nitrogens with zero attached hydrogens (tertiary/aromatic N) is 2. The quantitative estimate of drug-likeness (QED) is 0.773.